The number of carbonyl (C=O) groups excluding carboxylic acids is 2. The maximum Gasteiger partial charge on any atom is 0.408 e. The van der Waals surface area contributed by atoms with Crippen molar-refractivity contribution in [2.75, 3.05) is 24.4 Å². The summed E-state index contributed by atoms with van der Waals surface area (Å²) in [6, 6.07) is 13.2. The van der Waals surface area contributed by atoms with Crippen LogP contribution < -0.4 is 25.9 Å². The molecule has 0 aliphatic rings. The zero-order valence-corrected chi connectivity index (χ0v) is 22.4. The van der Waals surface area contributed by atoms with Crippen molar-refractivity contribution in [3.05, 3.63) is 59.0 Å². The predicted octanol–water partition coefficient (Wildman–Crippen LogP) is 5.45. The van der Waals surface area contributed by atoms with E-state index in [0.717, 1.165) is 5.39 Å². The van der Waals surface area contributed by atoms with Gasteiger partial charge in [0.2, 0.25) is 5.91 Å². The van der Waals surface area contributed by atoms with Crippen molar-refractivity contribution in [1.82, 2.24) is 5.32 Å². The molecule has 2 amide bonds. The molecule has 1 heterocycles. The van der Waals surface area contributed by atoms with Gasteiger partial charge in [-0.15, -0.1) is 0 Å². The van der Waals surface area contributed by atoms with E-state index >= 15 is 0 Å². The molecule has 0 spiro atoms. The van der Waals surface area contributed by atoms with E-state index < -0.39 is 29.3 Å². The molecule has 0 radical (unpaired) electrons. The lowest BCUT2D eigenvalue weighted by Crippen LogP contribution is -2.49. The van der Waals surface area contributed by atoms with Gasteiger partial charge in [-0.25, -0.2) is 9.59 Å². The number of para-hydroxylation sites is 1. The number of fused-ring (bicyclic) bond motifs is 1. The Morgan fingerprint density at radius 1 is 1.11 bits per heavy atom. The maximum absolute atomic E-state index is 13.3. The van der Waals surface area contributed by atoms with Crippen LogP contribution in [0.4, 0.5) is 21.9 Å². The molecule has 0 aliphatic carbocycles. The first kappa shape index (κ1) is 27.6. The number of methoxy groups -OCH3 is 1. The zero-order chi connectivity index (χ0) is 27.3. The summed E-state index contributed by atoms with van der Waals surface area (Å²) in [5.41, 5.74) is 1.09. The lowest BCUT2D eigenvalue weighted by atomic mass is 9.98. The third kappa shape index (κ3) is 6.81. The second-order valence-corrected chi connectivity index (χ2v) is 9.89. The summed E-state index contributed by atoms with van der Waals surface area (Å²) in [4.78, 5) is 39.8. The van der Waals surface area contributed by atoms with Gasteiger partial charge < -0.3 is 29.4 Å². The Labute approximate surface area is 216 Å². The minimum atomic E-state index is -0.825. The molecule has 37 heavy (non-hydrogen) atoms. The highest BCUT2D eigenvalue weighted by Crippen LogP contribution is 2.35. The number of hydrogen-bond acceptors (Lipinski definition) is 7. The minimum Gasteiger partial charge on any atom is -0.495 e. The van der Waals surface area contributed by atoms with Gasteiger partial charge in [-0.1, -0.05) is 32.4 Å². The summed E-state index contributed by atoms with van der Waals surface area (Å²) in [6.45, 7) is 9.11. The van der Waals surface area contributed by atoms with Gasteiger partial charge in [0.05, 0.1) is 18.5 Å². The van der Waals surface area contributed by atoms with Crippen LogP contribution in [0.3, 0.4) is 0 Å². The van der Waals surface area contributed by atoms with Gasteiger partial charge in [0.1, 0.15) is 23.0 Å². The molecule has 3 aromatic rings. The van der Waals surface area contributed by atoms with Crippen molar-refractivity contribution in [2.45, 2.75) is 52.7 Å². The molecule has 0 unspecified atom stereocenters. The number of anilines is 3. The van der Waals surface area contributed by atoms with Gasteiger partial charge in [-0.2, -0.15) is 0 Å². The minimum absolute atomic E-state index is 0.153. The van der Waals surface area contributed by atoms with Crippen LogP contribution in [0, 0.1) is 5.92 Å². The van der Waals surface area contributed by atoms with Crippen molar-refractivity contribution in [2.24, 2.45) is 5.92 Å². The van der Waals surface area contributed by atoms with Crippen LogP contribution in [-0.2, 0) is 9.53 Å². The Morgan fingerprint density at radius 3 is 2.46 bits per heavy atom. The topological polar surface area (TPSA) is 110 Å². The Balaban J connectivity index is 1.93. The summed E-state index contributed by atoms with van der Waals surface area (Å²) in [6.07, 6.45) is 0.000430. The summed E-state index contributed by atoms with van der Waals surface area (Å²) in [5, 5.41) is 6.37. The summed E-state index contributed by atoms with van der Waals surface area (Å²) >= 11 is 0. The van der Waals surface area contributed by atoms with Crippen LogP contribution >= 0.6 is 0 Å². The average molecular weight is 510 g/mol. The standard InChI is InChI=1S/C28H35N3O6/c1-8-17(2)25(30-27(34)37-28(3,4)5)26(33)29-20-15-18(13-14-23(20)35-7)31(6)21-16-24(32)36-22-12-10-9-11-19(21)22/h9-17,25H,8H2,1-7H3,(H,29,33)(H,30,34)/t17-,25-/m0/s1. The van der Waals surface area contributed by atoms with Crippen molar-refractivity contribution >= 4 is 40.0 Å². The van der Waals surface area contributed by atoms with Crippen molar-refractivity contribution < 1.29 is 23.5 Å². The van der Waals surface area contributed by atoms with Crippen LogP contribution in [0.5, 0.6) is 5.75 Å². The molecular formula is C28H35N3O6. The third-order valence-corrected chi connectivity index (χ3v) is 5.99. The molecule has 1 aromatic heterocycles. The number of nitrogens with one attached hydrogen (secondary N) is 2. The molecule has 2 atom stereocenters. The van der Waals surface area contributed by atoms with Gasteiger partial charge in [-0.05, 0) is 57.0 Å². The molecule has 2 aromatic carbocycles. The smallest absolute Gasteiger partial charge is 0.408 e. The second-order valence-electron chi connectivity index (χ2n) is 9.89. The summed E-state index contributed by atoms with van der Waals surface area (Å²) < 4.78 is 16.2. The Bertz CT molecular complexity index is 1330. The first-order valence-corrected chi connectivity index (χ1v) is 12.2. The van der Waals surface area contributed by atoms with Gasteiger partial charge in [0.25, 0.3) is 0 Å². The zero-order valence-electron chi connectivity index (χ0n) is 22.4. The first-order valence-electron chi connectivity index (χ1n) is 12.2. The van der Waals surface area contributed by atoms with Crippen LogP contribution in [0.1, 0.15) is 41.0 Å². The fraction of sp³-hybridized carbons (Fsp3) is 0.393. The number of carbonyl (C=O) groups is 2. The largest absolute Gasteiger partial charge is 0.495 e. The number of nitrogens with zero attached hydrogens (tertiary/aromatic N) is 1. The Kier molecular flexibility index (Phi) is 8.47. The Morgan fingerprint density at radius 2 is 1.81 bits per heavy atom. The van der Waals surface area contributed by atoms with Crippen molar-refractivity contribution in [3.8, 4) is 5.75 Å². The molecule has 2 N–H and O–H groups in total. The van der Waals surface area contributed by atoms with E-state index in [2.05, 4.69) is 10.6 Å². The first-order chi connectivity index (χ1) is 17.4. The number of amides is 2. The van der Waals surface area contributed by atoms with E-state index in [9.17, 15) is 14.4 Å². The number of ether oxygens (including phenoxy) is 2. The van der Waals surface area contributed by atoms with E-state index in [4.69, 9.17) is 13.9 Å². The monoisotopic (exact) mass is 509 g/mol. The molecule has 9 heteroatoms. The van der Waals surface area contributed by atoms with Crippen LogP contribution in [-0.4, -0.2) is 37.8 Å². The van der Waals surface area contributed by atoms with Gasteiger partial charge >= 0.3 is 11.7 Å². The average Bonchev–Trinajstić information content (AvgIpc) is 2.84. The molecule has 0 saturated carbocycles. The molecule has 0 bridgehead atoms. The lowest BCUT2D eigenvalue weighted by molar-refractivity contribution is -0.119. The van der Waals surface area contributed by atoms with Crippen molar-refractivity contribution in [1.29, 1.82) is 0 Å². The molecule has 0 saturated heterocycles. The number of alkyl carbamates (subject to hydrolysis) is 1. The number of benzene rings is 2. The van der Waals surface area contributed by atoms with Gasteiger partial charge in [0.15, 0.2) is 0 Å². The molecule has 0 fully saturated rings. The molecule has 9 nitrogen and oxygen atoms in total. The highest BCUT2D eigenvalue weighted by molar-refractivity contribution is 5.99. The highest BCUT2D eigenvalue weighted by atomic mass is 16.6. The molecule has 198 valence electrons. The fourth-order valence-electron chi connectivity index (χ4n) is 3.86. The molecule has 0 aliphatic heterocycles. The number of hydrogen-bond donors (Lipinski definition) is 2. The van der Waals surface area contributed by atoms with E-state index in [1.54, 1.807) is 45.0 Å². The van der Waals surface area contributed by atoms with E-state index in [1.807, 2.05) is 44.0 Å². The quantitative estimate of drug-likeness (QED) is 0.389. The predicted molar refractivity (Wildman–Crippen MR) is 145 cm³/mol. The summed E-state index contributed by atoms with van der Waals surface area (Å²) in [7, 11) is 3.33. The number of rotatable bonds is 8. The fourth-order valence-corrected chi connectivity index (χ4v) is 3.86. The third-order valence-electron chi connectivity index (χ3n) is 5.99. The Hall–Kier alpha value is -4.01. The van der Waals surface area contributed by atoms with E-state index in [0.29, 0.717) is 34.8 Å². The van der Waals surface area contributed by atoms with E-state index in [-0.39, 0.29) is 5.92 Å². The van der Waals surface area contributed by atoms with Crippen LogP contribution in [0.25, 0.3) is 11.0 Å². The van der Waals surface area contributed by atoms with Gasteiger partial charge in [0, 0.05) is 24.2 Å². The van der Waals surface area contributed by atoms with Crippen molar-refractivity contribution in [3.63, 3.8) is 0 Å². The maximum atomic E-state index is 13.3. The van der Waals surface area contributed by atoms with E-state index in [1.165, 1.54) is 13.2 Å². The normalized spacial score (nSPS) is 12.9. The van der Waals surface area contributed by atoms with Crippen LogP contribution in [0.2, 0.25) is 0 Å². The second kappa shape index (κ2) is 11.4. The SMILES string of the molecule is CC[C@H](C)[C@H](NC(=O)OC(C)(C)C)C(=O)Nc1cc(N(C)c2cc(=O)oc3ccccc23)ccc1OC. The lowest BCUT2D eigenvalue weighted by Gasteiger charge is -2.27. The highest BCUT2D eigenvalue weighted by Gasteiger charge is 2.29. The van der Waals surface area contributed by atoms with Crippen LogP contribution in [0.15, 0.2) is 57.7 Å². The van der Waals surface area contributed by atoms with Gasteiger partial charge in [-0.3, -0.25) is 4.79 Å². The molecular weight excluding hydrogens is 474 g/mol. The molecule has 3 rings (SSSR count). The summed E-state index contributed by atoms with van der Waals surface area (Å²) in [5.74, 6) is -0.105.